The van der Waals surface area contributed by atoms with E-state index in [2.05, 4.69) is 10.2 Å². The number of fused-ring (bicyclic) bond motifs is 1. The van der Waals surface area contributed by atoms with E-state index in [4.69, 9.17) is 0 Å². The van der Waals surface area contributed by atoms with Gasteiger partial charge in [0.2, 0.25) is 0 Å². The number of aromatic nitrogens is 2. The zero-order valence-corrected chi connectivity index (χ0v) is 8.29. The quantitative estimate of drug-likeness (QED) is 0.741. The molecule has 3 heteroatoms. The van der Waals surface area contributed by atoms with Gasteiger partial charge in [0.05, 0.1) is 11.1 Å². The summed E-state index contributed by atoms with van der Waals surface area (Å²) in [5.41, 5.74) is 1.99. The molecule has 0 amide bonds. The number of nitrogens with zero attached hydrogens (tertiary/aromatic N) is 1. The van der Waals surface area contributed by atoms with Crippen LogP contribution in [0.3, 0.4) is 0 Å². The van der Waals surface area contributed by atoms with Crippen molar-refractivity contribution in [1.82, 2.24) is 10.2 Å². The van der Waals surface area contributed by atoms with E-state index in [1.807, 2.05) is 32.0 Å². The molecule has 0 fully saturated rings. The van der Waals surface area contributed by atoms with Gasteiger partial charge in [-0.2, -0.15) is 5.10 Å². The lowest BCUT2D eigenvalue weighted by Crippen LogP contribution is -2.10. The molecular formula is C11H12N2O. The molecule has 0 atom stereocenters. The molecule has 0 spiro atoms. The first-order valence-electron chi connectivity index (χ1n) is 4.70. The Bertz CT molecular complexity index is 528. The summed E-state index contributed by atoms with van der Waals surface area (Å²) in [6, 6.07) is 5.80. The Kier molecular flexibility index (Phi) is 2.08. The van der Waals surface area contributed by atoms with Crippen LogP contribution in [0.2, 0.25) is 0 Å². The topological polar surface area (TPSA) is 45.8 Å². The molecule has 3 nitrogen and oxygen atoms in total. The van der Waals surface area contributed by atoms with E-state index in [-0.39, 0.29) is 5.56 Å². The summed E-state index contributed by atoms with van der Waals surface area (Å²) in [4.78, 5) is 11.4. The predicted molar refractivity (Wildman–Crippen MR) is 56.5 cm³/mol. The third kappa shape index (κ3) is 1.31. The number of aromatic amines is 1. The monoisotopic (exact) mass is 188 g/mol. The van der Waals surface area contributed by atoms with Crippen molar-refractivity contribution in [2.45, 2.75) is 20.3 Å². The van der Waals surface area contributed by atoms with Gasteiger partial charge in [-0.15, -0.1) is 0 Å². The Morgan fingerprint density at radius 3 is 2.86 bits per heavy atom. The molecule has 0 aliphatic heterocycles. The van der Waals surface area contributed by atoms with Crippen molar-refractivity contribution in [3.63, 3.8) is 0 Å². The maximum absolute atomic E-state index is 11.4. The van der Waals surface area contributed by atoms with Gasteiger partial charge in [-0.25, -0.2) is 5.10 Å². The van der Waals surface area contributed by atoms with Crippen molar-refractivity contribution in [2.75, 3.05) is 0 Å². The van der Waals surface area contributed by atoms with Crippen molar-refractivity contribution in [3.05, 3.63) is 39.8 Å². The number of hydrogen-bond donors (Lipinski definition) is 1. The summed E-state index contributed by atoms with van der Waals surface area (Å²) in [5.74, 6) is 0. The highest BCUT2D eigenvalue weighted by Gasteiger charge is 2.04. The zero-order chi connectivity index (χ0) is 10.1. The van der Waals surface area contributed by atoms with Crippen LogP contribution in [0.15, 0.2) is 23.0 Å². The predicted octanol–water partition coefficient (Wildman–Crippen LogP) is 1.79. The van der Waals surface area contributed by atoms with Crippen molar-refractivity contribution >= 4 is 10.8 Å². The summed E-state index contributed by atoms with van der Waals surface area (Å²) in [5, 5.41) is 8.23. The van der Waals surface area contributed by atoms with Crippen LogP contribution < -0.4 is 5.56 Å². The fourth-order valence-corrected chi connectivity index (χ4v) is 1.60. The van der Waals surface area contributed by atoms with Gasteiger partial charge in [-0.3, -0.25) is 4.79 Å². The van der Waals surface area contributed by atoms with E-state index in [0.29, 0.717) is 0 Å². The Morgan fingerprint density at radius 1 is 1.36 bits per heavy atom. The molecule has 2 aromatic rings. The van der Waals surface area contributed by atoms with Crippen LogP contribution in [0.1, 0.15) is 18.2 Å². The molecule has 0 aliphatic rings. The van der Waals surface area contributed by atoms with Gasteiger partial charge in [0, 0.05) is 5.39 Å². The minimum Gasteiger partial charge on any atom is -0.267 e. The van der Waals surface area contributed by atoms with Crippen molar-refractivity contribution in [3.8, 4) is 0 Å². The van der Waals surface area contributed by atoms with Crippen LogP contribution in [0, 0.1) is 6.92 Å². The van der Waals surface area contributed by atoms with E-state index in [1.54, 1.807) is 0 Å². The Morgan fingerprint density at radius 2 is 2.14 bits per heavy atom. The normalized spacial score (nSPS) is 10.7. The highest BCUT2D eigenvalue weighted by Crippen LogP contribution is 2.14. The molecule has 0 unspecified atom stereocenters. The number of nitrogens with one attached hydrogen (secondary N) is 1. The molecule has 0 radical (unpaired) electrons. The van der Waals surface area contributed by atoms with Crippen LogP contribution in [0.5, 0.6) is 0 Å². The van der Waals surface area contributed by atoms with E-state index in [0.717, 1.165) is 28.5 Å². The van der Waals surface area contributed by atoms with Crippen LogP contribution in [0.25, 0.3) is 10.8 Å². The van der Waals surface area contributed by atoms with Crippen molar-refractivity contribution in [2.24, 2.45) is 0 Å². The van der Waals surface area contributed by atoms with Gasteiger partial charge in [0.25, 0.3) is 5.56 Å². The highest BCUT2D eigenvalue weighted by molar-refractivity contribution is 5.84. The lowest BCUT2D eigenvalue weighted by molar-refractivity contribution is 0.918. The lowest BCUT2D eigenvalue weighted by Gasteiger charge is -2.02. The Hall–Kier alpha value is -1.64. The Balaban J connectivity index is 2.92. The second kappa shape index (κ2) is 3.25. The molecule has 1 N–H and O–H groups in total. The van der Waals surface area contributed by atoms with E-state index >= 15 is 0 Å². The van der Waals surface area contributed by atoms with Crippen LogP contribution >= 0.6 is 0 Å². The number of rotatable bonds is 1. The summed E-state index contributed by atoms with van der Waals surface area (Å²) in [6.45, 7) is 4.04. The fourth-order valence-electron chi connectivity index (χ4n) is 1.60. The van der Waals surface area contributed by atoms with Crippen molar-refractivity contribution in [1.29, 1.82) is 0 Å². The zero-order valence-electron chi connectivity index (χ0n) is 8.29. The molecule has 0 bridgehead atoms. The molecule has 2 rings (SSSR count). The third-order valence-corrected chi connectivity index (χ3v) is 2.36. The first kappa shape index (κ1) is 8.94. The molecule has 0 saturated heterocycles. The smallest absolute Gasteiger partial charge is 0.267 e. The summed E-state index contributed by atoms with van der Waals surface area (Å²) < 4.78 is 0. The number of benzene rings is 1. The fraction of sp³-hybridized carbons (Fsp3) is 0.273. The number of hydrogen-bond acceptors (Lipinski definition) is 2. The maximum Gasteiger partial charge on any atom is 0.272 e. The summed E-state index contributed by atoms with van der Waals surface area (Å²) in [7, 11) is 0. The van der Waals surface area contributed by atoms with Gasteiger partial charge in [0.1, 0.15) is 0 Å². The van der Waals surface area contributed by atoms with Crippen LogP contribution in [0.4, 0.5) is 0 Å². The van der Waals surface area contributed by atoms with E-state index in [9.17, 15) is 4.79 Å². The van der Waals surface area contributed by atoms with Gasteiger partial charge in [-0.1, -0.05) is 18.6 Å². The van der Waals surface area contributed by atoms with Crippen LogP contribution in [-0.4, -0.2) is 10.2 Å². The molecule has 72 valence electrons. The minimum atomic E-state index is -0.114. The first-order chi connectivity index (χ1) is 6.72. The average molecular weight is 188 g/mol. The van der Waals surface area contributed by atoms with Crippen LogP contribution in [-0.2, 0) is 6.42 Å². The molecule has 1 heterocycles. The van der Waals surface area contributed by atoms with Gasteiger partial charge < -0.3 is 0 Å². The maximum atomic E-state index is 11.4. The van der Waals surface area contributed by atoms with E-state index < -0.39 is 0 Å². The number of H-pyrrole nitrogens is 1. The minimum absolute atomic E-state index is 0.114. The molecule has 0 aliphatic carbocycles. The highest BCUT2D eigenvalue weighted by atomic mass is 16.1. The lowest BCUT2D eigenvalue weighted by atomic mass is 10.1. The molecule has 1 aromatic heterocycles. The SMILES string of the molecule is CCc1n[nH]c(=O)c2ccc(C)cc12. The standard InChI is InChI=1S/C11H12N2O/c1-3-10-9-6-7(2)4-5-8(9)11(14)13-12-10/h4-6H,3H2,1-2H3,(H,13,14). The summed E-state index contributed by atoms with van der Waals surface area (Å²) in [6.07, 6.45) is 0.830. The second-order valence-electron chi connectivity index (χ2n) is 3.40. The average Bonchev–Trinajstić information content (AvgIpc) is 2.18. The van der Waals surface area contributed by atoms with Crippen molar-refractivity contribution < 1.29 is 0 Å². The molecular weight excluding hydrogens is 176 g/mol. The molecule has 1 aromatic carbocycles. The van der Waals surface area contributed by atoms with Gasteiger partial charge in [0.15, 0.2) is 0 Å². The third-order valence-electron chi connectivity index (χ3n) is 2.36. The Labute approximate surface area is 81.8 Å². The molecule has 14 heavy (non-hydrogen) atoms. The second-order valence-corrected chi connectivity index (χ2v) is 3.40. The summed E-state index contributed by atoms with van der Waals surface area (Å²) >= 11 is 0. The van der Waals surface area contributed by atoms with E-state index in [1.165, 1.54) is 0 Å². The largest absolute Gasteiger partial charge is 0.272 e. The number of aryl methyl sites for hydroxylation is 2. The molecule has 0 saturated carbocycles. The van der Waals surface area contributed by atoms with Gasteiger partial charge >= 0.3 is 0 Å². The first-order valence-corrected chi connectivity index (χ1v) is 4.70. The van der Waals surface area contributed by atoms with Gasteiger partial charge in [-0.05, 0) is 25.5 Å².